The zero-order valence-corrected chi connectivity index (χ0v) is 19.5. The van der Waals surface area contributed by atoms with Crippen LogP contribution in [0.2, 0.25) is 0 Å². The number of aryl methyl sites for hydroxylation is 1. The molecular formula is C27H33N3O3. The molecule has 1 fully saturated rings. The van der Waals surface area contributed by atoms with Crippen molar-refractivity contribution in [3.63, 3.8) is 0 Å². The van der Waals surface area contributed by atoms with Crippen LogP contribution >= 0.6 is 0 Å². The van der Waals surface area contributed by atoms with Gasteiger partial charge in [-0.3, -0.25) is 4.90 Å². The number of benzene rings is 2. The molecule has 33 heavy (non-hydrogen) atoms. The molecule has 0 spiro atoms. The fraction of sp³-hybridized carbons (Fsp3) is 0.370. The molecular weight excluding hydrogens is 414 g/mol. The standard InChI is InChI=1S/C27H33N3O3/c1-4-5-11-22(31)18-30(21-12-13-21)19-25-26(20-9-7-6-8-10-20)28-29(2)27(25)33-24-16-14-23(32-3)15-17-24/h4,6-10,14-17,21-22,31H,1,5,11-13,18-19H2,2-3H3. The van der Waals surface area contributed by atoms with E-state index in [1.54, 1.807) is 11.8 Å². The van der Waals surface area contributed by atoms with Crippen LogP contribution in [-0.4, -0.2) is 45.6 Å². The first-order valence-corrected chi connectivity index (χ1v) is 11.5. The Hall–Kier alpha value is -3.09. The first kappa shape index (κ1) is 23.1. The predicted molar refractivity (Wildman–Crippen MR) is 131 cm³/mol. The molecule has 1 N–H and O–H groups in total. The van der Waals surface area contributed by atoms with E-state index in [9.17, 15) is 5.11 Å². The molecule has 1 aromatic heterocycles. The molecule has 1 atom stereocenters. The van der Waals surface area contributed by atoms with Gasteiger partial charge in [-0.25, -0.2) is 4.68 Å². The minimum atomic E-state index is -0.383. The highest BCUT2D eigenvalue weighted by molar-refractivity contribution is 5.65. The smallest absolute Gasteiger partial charge is 0.222 e. The van der Waals surface area contributed by atoms with Gasteiger partial charge in [0, 0.05) is 31.7 Å². The van der Waals surface area contributed by atoms with Crippen molar-refractivity contribution in [2.45, 2.75) is 44.4 Å². The fourth-order valence-corrected chi connectivity index (χ4v) is 4.06. The van der Waals surface area contributed by atoms with Crippen molar-refractivity contribution in [2.24, 2.45) is 7.05 Å². The Balaban J connectivity index is 1.66. The molecule has 1 aliphatic rings. The van der Waals surface area contributed by atoms with Crippen LogP contribution in [0, 0.1) is 0 Å². The Morgan fingerprint density at radius 3 is 2.48 bits per heavy atom. The summed E-state index contributed by atoms with van der Waals surface area (Å²) in [6, 6.07) is 18.3. The number of aliphatic hydroxyl groups excluding tert-OH is 1. The van der Waals surface area contributed by atoms with Gasteiger partial charge in [0.05, 0.1) is 18.8 Å². The monoisotopic (exact) mass is 447 g/mol. The number of aromatic nitrogens is 2. The lowest BCUT2D eigenvalue weighted by Gasteiger charge is -2.25. The molecule has 0 amide bonds. The molecule has 4 rings (SSSR count). The van der Waals surface area contributed by atoms with Crippen LogP contribution in [0.15, 0.2) is 67.3 Å². The molecule has 1 saturated carbocycles. The first-order valence-electron chi connectivity index (χ1n) is 11.5. The Bertz CT molecular complexity index is 1040. The minimum Gasteiger partial charge on any atom is -0.497 e. The van der Waals surface area contributed by atoms with Crippen LogP contribution in [0.1, 0.15) is 31.2 Å². The number of rotatable bonds is 12. The van der Waals surface area contributed by atoms with E-state index >= 15 is 0 Å². The molecule has 6 heteroatoms. The zero-order chi connectivity index (χ0) is 23.2. The second kappa shape index (κ2) is 10.7. The highest BCUT2D eigenvalue weighted by atomic mass is 16.5. The first-order chi connectivity index (χ1) is 16.1. The summed E-state index contributed by atoms with van der Waals surface area (Å²) < 4.78 is 13.4. The van der Waals surface area contributed by atoms with Crippen LogP contribution in [0.5, 0.6) is 17.4 Å². The summed E-state index contributed by atoms with van der Waals surface area (Å²) in [4.78, 5) is 2.37. The van der Waals surface area contributed by atoms with Crippen molar-refractivity contribution in [3.8, 4) is 28.6 Å². The number of nitrogens with zero attached hydrogens (tertiary/aromatic N) is 3. The predicted octanol–water partition coefficient (Wildman–Crippen LogP) is 5.18. The van der Waals surface area contributed by atoms with Gasteiger partial charge in [-0.2, -0.15) is 5.10 Å². The van der Waals surface area contributed by atoms with Gasteiger partial charge in [-0.05, 0) is 49.9 Å². The zero-order valence-electron chi connectivity index (χ0n) is 19.5. The quantitative estimate of drug-likeness (QED) is 0.388. The normalized spacial score (nSPS) is 14.3. The minimum absolute atomic E-state index is 0.383. The van der Waals surface area contributed by atoms with E-state index in [2.05, 4.69) is 23.6 Å². The van der Waals surface area contributed by atoms with E-state index in [1.807, 2.05) is 55.6 Å². The average molecular weight is 448 g/mol. The van der Waals surface area contributed by atoms with Gasteiger partial charge in [-0.15, -0.1) is 6.58 Å². The Morgan fingerprint density at radius 2 is 1.85 bits per heavy atom. The molecule has 1 unspecified atom stereocenters. The number of hydrogen-bond acceptors (Lipinski definition) is 5. The van der Waals surface area contributed by atoms with E-state index in [1.165, 1.54) is 0 Å². The molecule has 1 aliphatic carbocycles. The third-order valence-electron chi connectivity index (χ3n) is 5.98. The maximum Gasteiger partial charge on any atom is 0.222 e. The van der Waals surface area contributed by atoms with E-state index in [-0.39, 0.29) is 6.10 Å². The SMILES string of the molecule is C=CCCC(O)CN(Cc1c(-c2ccccc2)nn(C)c1Oc1ccc(OC)cc1)C1CC1. The van der Waals surface area contributed by atoms with Crippen molar-refractivity contribution < 1.29 is 14.6 Å². The lowest BCUT2D eigenvalue weighted by atomic mass is 10.1. The molecule has 174 valence electrons. The van der Waals surface area contributed by atoms with Gasteiger partial charge in [0.2, 0.25) is 5.88 Å². The van der Waals surface area contributed by atoms with Crippen LogP contribution in [-0.2, 0) is 13.6 Å². The number of aliphatic hydroxyl groups is 1. The van der Waals surface area contributed by atoms with Crippen LogP contribution < -0.4 is 9.47 Å². The van der Waals surface area contributed by atoms with E-state index in [0.717, 1.165) is 54.0 Å². The van der Waals surface area contributed by atoms with Crippen molar-refractivity contribution in [1.29, 1.82) is 0 Å². The van der Waals surface area contributed by atoms with Gasteiger partial charge in [0.1, 0.15) is 17.2 Å². The molecule has 2 aromatic carbocycles. The molecule has 6 nitrogen and oxygen atoms in total. The average Bonchev–Trinajstić information content (AvgIpc) is 3.65. The van der Waals surface area contributed by atoms with Crippen molar-refractivity contribution in [2.75, 3.05) is 13.7 Å². The summed E-state index contributed by atoms with van der Waals surface area (Å²) in [6.07, 6.45) is 5.33. The highest BCUT2D eigenvalue weighted by Crippen LogP contribution is 2.37. The van der Waals surface area contributed by atoms with E-state index in [0.29, 0.717) is 25.0 Å². The summed E-state index contributed by atoms with van der Waals surface area (Å²) in [5.74, 6) is 2.22. The molecule has 0 bridgehead atoms. The van der Waals surface area contributed by atoms with Crippen molar-refractivity contribution in [1.82, 2.24) is 14.7 Å². The van der Waals surface area contributed by atoms with Crippen molar-refractivity contribution >= 4 is 0 Å². The topological polar surface area (TPSA) is 59.8 Å². The molecule has 0 radical (unpaired) electrons. The Kier molecular flexibility index (Phi) is 7.47. The number of hydrogen-bond donors (Lipinski definition) is 1. The van der Waals surface area contributed by atoms with Crippen LogP contribution in [0.25, 0.3) is 11.3 Å². The largest absolute Gasteiger partial charge is 0.497 e. The number of ether oxygens (including phenoxy) is 2. The third-order valence-corrected chi connectivity index (χ3v) is 5.98. The highest BCUT2D eigenvalue weighted by Gasteiger charge is 2.32. The second-order valence-electron chi connectivity index (χ2n) is 8.58. The van der Waals surface area contributed by atoms with Crippen LogP contribution in [0.3, 0.4) is 0 Å². The van der Waals surface area contributed by atoms with Gasteiger partial charge < -0.3 is 14.6 Å². The lowest BCUT2D eigenvalue weighted by molar-refractivity contribution is 0.0976. The molecule has 3 aromatic rings. The number of methoxy groups -OCH3 is 1. The molecule has 0 saturated heterocycles. The maximum atomic E-state index is 10.6. The summed E-state index contributed by atoms with van der Waals surface area (Å²) in [5.41, 5.74) is 2.99. The van der Waals surface area contributed by atoms with Gasteiger partial charge in [0.25, 0.3) is 0 Å². The van der Waals surface area contributed by atoms with Gasteiger partial charge >= 0.3 is 0 Å². The Morgan fingerprint density at radius 1 is 1.15 bits per heavy atom. The summed E-state index contributed by atoms with van der Waals surface area (Å²) in [5, 5.41) is 15.4. The van der Waals surface area contributed by atoms with E-state index in [4.69, 9.17) is 14.6 Å². The molecule has 1 heterocycles. The van der Waals surface area contributed by atoms with Gasteiger partial charge in [-0.1, -0.05) is 36.4 Å². The summed E-state index contributed by atoms with van der Waals surface area (Å²) in [7, 11) is 3.56. The maximum absolute atomic E-state index is 10.6. The second-order valence-corrected chi connectivity index (χ2v) is 8.58. The summed E-state index contributed by atoms with van der Waals surface area (Å²) >= 11 is 0. The van der Waals surface area contributed by atoms with Gasteiger partial charge in [0.15, 0.2) is 0 Å². The summed E-state index contributed by atoms with van der Waals surface area (Å²) in [6.45, 7) is 5.07. The number of allylic oxidation sites excluding steroid dienone is 1. The van der Waals surface area contributed by atoms with E-state index < -0.39 is 0 Å². The third kappa shape index (κ3) is 5.83. The molecule has 0 aliphatic heterocycles. The van der Waals surface area contributed by atoms with Crippen LogP contribution in [0.4, 0.5) is 0 Å². The Labute approximate surface area is 196 Å². The van der Waals surface area contributed by atoms with Crippen molar-refractivity contribution in [3.05, 3.63) is 72.8 Å². The fourth-order valence-electron chi connectivity index (χ4n) is 4.06. The lowest BCUT2D eigenvalue weighted by Crippen LogP contribution is -2.34.